The Kier molecular flexibility index (Phi) is 8.27. The van der Waals surface area contributed by atoms with Crippen molar-refractivity contribution in [3.05, 3.63) is 79.8 Å². The maximum atomic E-state index is 14.6. The van der Waals surface area contributed by atoms with Crippen molar-refractivity contribution < 1.29 is 28.2 Å². The van der Waals surface area contributed by atoms with Crippen molar-refractivity contribution in [1.82, 2.24) is 20.3 Å². The Bertz CT molecular complexity index is 1560. The number of carbonyl (C=O) groups excluding carboxylic acids is 1. The van der Waals surface area contributed by atoms with Crippen molar-refractivity contribution >= 4 is 46.5 Å². The first kappa shape index (κ1) is 28.6. The van der Waals surface area contributed by atoms with Crippen LogP contribution in [-0.2, 0) is 9.53 Å². The van der Waals surface area contributed by atoms with Gasteiger partial charge in [-0.25, -0.2) is 33.3 Å². The number of nitrogens with one attached hydrogen (secondary N) is 1. The zero-order chi connectivity index (χ0) is 29.3. The molecule has 4 heterocycles. The van der Waals surface area contributed by atoms with E-state index in [1.54, 1.807) is 25.4 Å². The molecule has 1 fully saturated rings. The van der Waals surface area contributed by atoms with Gasteiger partial charge in [-0.1, -0.05) is 17.7 Å². The van der Waals surface area contributed by atoms with Crippen molar-refractivity contribution in [2.75, 3.05) is 24.6 Å². The maximum Gasteiger partial charge on any atom is 0.354 e. The van der Waals surface area contributed by atoms with E-state index in [4.69, 9.17) is 21.3 Å². The number of hydrogen-bond donors (Lipinski definition) is 2. The Morgan fingerprint density at radius 2 is 2.00 bits per heavy atom. The van der Waals surface area contributed by atoms with E-state index in [2.05, 4.69) is 20.3 Å². The molecule has 1 saturated heterocycles. The number of piperidine rings is 1. The molecule has 14 heteroatoms. The van der Waals surface area contributed by atoms with Gasteiger partial charge in [-0.2, -0.15) is 0 Å². The SMILES string of the molecule is CCOC(=O)C1=C(C2CCN(c3cc(C(=O)O)nc(C)n3)CC2)NC(c2nccs2)=NC1c1ccc(F)c(F)c1Cl. The smallest absolute Gasteiger partial charge is 0.354 e. The normalized spacial score (nSPS) is 17.7. The number of esters is 1. The number of aliphatic imine (C=N–C) groups is 1. The van der Waals surface area contributed by atoms with Gasteiger partial charge in [0.1, 0.15) is 17.7 Å². The molecular formula is C27H25ClF2N6O4S. The number of ether oxygens (including phenoxy) is 1. The van der Waals surface area contributed by atoms with Crippen molar-refractivity contribution in [2.24, 2.45) is 10.9 Å². The quantitative estimate of drug-likeness (QED) is 0.292. The Morgan fingerprint density at radius 1 is 1.24 bits per heavy atom. The lowest BCUT2D eigenvalue weighted by molar-refractivity contribution is -0.139. The lowest BCUT2D eigenvalue weighted by atomic mass is 9.85. The summed E-state index contributed by atoms with van der Waals surface area (Å²) in [5.74, 6) is -3.11. The van der Waals surface area contributed by atoms with Crippen LogP contribution in [0.2, 0.25) is 5.02 Å². The van der Waals surface area contributed by atoms with Crippen molar-refractivity contribution in [3.63, 3.8) is 0 Å². The molecule has 10 nitrogen and oxygen atoms in total. The first-order valence-corrected chi connectivity index (χ1v) is 14.1. The van der Waals surface area contributed by atoms with E-state index in [-0.39, 0.29) is 29.4 Å². The molecule has 2 aromatic heterocycles. The molecule has 0 saturated carbocycles. The summed E-state index contributed by atoms with van der Waals surface area (Å²) in [5.41, 5.74) is 0.729. The van der Waals surface area contributed by atoms with Gasteiger partial charge in [-0.05, 0) is 32.8 Å². The molecule has 2 aliphatic rings. The molecule has 0 spiro atoms. The van der Waals surface area contributed by atoms with E-state index in [9.17, 15) is 23.5 Å². The van der Waals surface area contributed by atoms with Crippen LogP contribution in [0.1, 0.15) is 52.7 Å². The lowest BCUT2D eigenvalue weighted by Crippen LogP contribution is -2.42. The number of amidine groups is 1. The number of anilines is 1. The third kappa shape index (κ3) is 5.77. The zero-order valence-corrected chi connectivity index (χ0v) is 23.6. The van der Waals surface area contributed by atoms with Crippen molar-refractivity contribution in [2.45, 2.75) is 32.7 Å². The van der Waals surface area contributed by atoms with Crippen LogP contribution in [0.25, 0.3) is 0 Å². The molecule has 41 heavy (non-hydrogen) atoms. The van der Waals surface area contributed by atoms with Crippen LogP contribution >= 0.6 is 22.9 Å². The van der Waals surface area contributed by atoms with E-state index in [0.717, 1.165) is 6.07 Å². The molecule has 0 bridgehead atoms. The molecule has 5 rings (SSSR count). The largest absolute Gasteiger partial charge is 0.477 e. The minimum atomic E-state index is -1.23. The predicted molar refractivity (Wildman–Crippen MR) is 148 cm³/mol. The number of carboxylic acid groups (broad SMARTS) is 1. The van der Waals surface area contributed by atoms with Crippen LogP contribution in [-0.4, -0.2) is 57.5 Å². The summed E-state index contributed by atoms with van der Waals surface area (Å²) in [5, 5.41) is 14.6. The Balaban J connectivity index is 1.54. The van der Waals surface area contributed by atoms with E-state index < -0.39 is 34.6 Å². The third-order valence-corrected chi connectivity index (χ3v) is 8.00. The molecule has 0 radical (unpaired) electrons. The van der Waals surface area contributed by atoms with Gasteiger partial charge in [0.25, 0.3) is 0 Å². The molecular weight excluding hydrogens is 578 g/mol. The van der Waals surface area contributed by atoms with E-state index in [1.165, 1.54) is 23.5 Å². The molecule has 2 aliphatic heterocycles. The van der Waals surface area contributed by atoms with Crippen molar-refractivity contribution in [1.29, 1.82) is 0 Å². The van der Waals surface area contributed by atoms with Gasteiger partial charge < -0.3 is 20.1 Å². The van der Waals surface area contributed by atoms with Crippen LogP contribution in [0.3, 0.4) is 0 Å². The van der Waals surface area contributed by atoms with Crippen LogP contribution in [0, 0.1) is 24.5 Å². The number of halogens is 3. The fraction of sp³-hybridized carbons (Fsp3) is 0.333. The number of aromatic nitrogens is 3. The molecule has 0 amide bonds. The first-order chi connectivity index (χ1) is 19.7. The number of rotatable bonds is 7. The first-order valence-electron chi connectivity index (χ1n) is 12.8. The highest BCUT2D eigenvalue weighted by Crippen LogP contribution is 2.41. The number of aromatic carboxylic acids is 1. The van der Waals surface area contributed by atoms with Crippen LogP contribution in [0.15, 0.2) is 46.0 Å². The molecule has 1 aromatic carbocycles. The highest BCUT2D eigenvalue weighted by atomic mass is 35.5. The lowest BCUT2D eigenvalue weighted by Gasteiger charge is -2.37. The van der Waals surface area contributed by atoms with E-state index >= 15 is 0 Å². The minimum absolute atomic E-state index is 0.0913. The van der Waals surface area contributed by atoms with Gasteiger partial charge in [0.15, 0.2) is 28.2 Å². The summed E-state index contributed by atoms with van der Waals surface area (Å²) in [4.78, 5) is 44.3. The van der Waals surface area contributed by atoms with Gasteiger partial charge in [-0.15, -0.1) is 11.3 Å². The number of benzene rings is 1. The van der Waals surface area contributed by atoms with E-state index in [0.29, 0.717) is 54.1 Å². The molecule has 2 N–H and O–H groups in total. The number of nitrogens with zero attached hydrogens (tertiary/aromatic N) is 5. The molecule has 3 aromatic rings. The van der Waals surface area contributed by atoms with Gasteiger partial charge in [-0.3, -0.25) is 4.99 Å². The second-order valence-electron chi connectivity index (χ2n) is 9.38. The van der Waals surface area contributed by atoms with E-state index in [1.807, 2.05) is 4.90 Å². The Morgan fingerprint density at radius 3 is 2.66 bits per heavy atom. The minimum Gasteiger partial charge on any atom is -0.477 e. The summed E-state index contributed by atoms with van der Waals surface area (Å²) >= 11 is 7.59. The fourth-order valence-corrected chi connectivity index (χ4v) is 5.81. The second kappa shape index (κ2) is 11.9. The second-order valence-corrected chi connectivity index (χ2v) is 10.7. The topological polar surface area (TPSA) is 130 Å². The predicted octanol–water partition coefficient (Wildman–Crippen LogP) is 4.70. The highest BCUT2D eigenvalue weighted by molar-refractivity contribution is 7.11. The monoisotopic (exact) mass is 602 g/mol. The fourth-order valence-electron chi connectivity index (χ4n) is 4.97. The summed E-state index contributed by atoms with van der Waals surface area (Å²) in [7, 11) is 0. The maximum absolute atomic E-state index is 14.6. The highest BCUT2D eigenvalue weighted by Gasteiger charge is 2.38. The summed E-state index contributed by atoms with van der Waals surface area (Å²) < 4.78 is 34.0. The molecule has 0 aliphatic carbocycles. The number of carboxylic acids is 1. The Hall–Kier alpha value is -3.97. The Labute approximate surface area is 242 Å². The van der Waals surface area contributed by atoms with Crippen LogP contribution in [0.4, 0.5) is 14.6 Å². The van der Waals surface area contributed by atoms with Gasteiger partial charge in [0, 0.05) is 47.9 Å². The zero-order valence-electron chi connectivity index (χ0n) is 22.0. The summed E-state index contributed by atoms with van der Waals surface area (Å²) in [6.45, 7) is 4.40. The van der Waals surface area contributed by atoms with Gasteiger partial charge in [0.2, 0.25) is 0 Å². The summed E-state index contributed by atoms with van der Waals surface area (Å²) in [6.07, 6.45) is 2.72. The van der Waals surface area contributed by atoms with Crippen LogP contribution in [0.5, 0.6) is 0 Å². The van der Waals surface area contributed by atoms with Gasteiger partial charge >= 0.3 is 11.9 Å². The number of hydrogen-bond acceptors (Lipinski definition) is 10. The molecule has 214 valence electrons. The number of aryl methyl sites for hydroxylation is 1. The average molecular weight is 603 g/mol. The number of allylic oxidation sites excluding steroid dienone is 1. The van der Waals surface area contributed by atoms with Crippen LogP contribution < -0.4 is 10.2 Å². The van der Waals surface area contributed by atoms with Crippen molar-refractivity contribution in [3.8, 4) is 0 Å². The summed E-state index contributed by atoms with van der Waals surface area (Å²) in [6, 6.07) is 2.63. The number of thiazole rings is 1. The third-order valence-electron chi connectivity index (χ3n) is 6.84. The average Bonchev–Trinajstić information content (AvgIpc) is 3.50. The molecule has 1 unspecified atom stereocenters. The number of carbonyl (C=O) groups is 2. The molecule has 1 atom stereocenters. The standard InChI is InChI=1S/C27H25ClF2N6O4S/c1-3-40-27(39)19-22(14-6-9-36(10-7-14)18-12-17(26(37)38)32-13(2)33-18)34-24(25-31-8-11-41-25)35-23(19)15-4-5-16(29)21(30)20(15)28/h4-5,8,11-12,14,23H,3,6-7,9-10H2,1-2H3,(H,34,35)(H,37,38). The van der Waals surface area contributed by atoms with Gasteiger partial charge in [0.05, 0.1) is 17.2 Å².